The number of ether oxygens (including phenoxy) is 1. The molecule has 2 rings (SSSR count). The van der Waals surface area contributed by atoms with E-state index in [2.05, 4.69) is 24.5 Å². The topological polar surface area (TPSA) is 50.4 Å². The number of nitrogens with one attached hydrogen (secondary N) is 2. The van der Waals surface area contributed by atoms with Gasteiger partial charge in [-0.3, -0.25) is 4.79 Å². The standard InChI is InChI=1S/C19H23ClN2O2/c1-14(2)9-10-24-18-8-4-7-17(12-18)22-19(23)13-21-16-6-3-5-15(20)11-16/h3-8,11-12,14,21H,9-10,13H2,1-2H3,(H,22,23). The predicted molar refractivity (Wildman–Crippen MR) is 100.0 cm³/mol. The highest BCUT2D eigenvalue weighted by Gasteiger charge is 2.04. The number of carbonyl (C=O) groups excluding carboxylic acids is 1. The molecule has 2 N–H and O–H groups in total. The number of halogens is 1. The second kappa shape index (κ2) is 9.18. The van der Waals surface area contributed by atoms with Gasteiger partial charge in [0.15, 0.2) is 0 Å². The molecule has 0 radical (unpaired) electrons. The Morgan fingerprint density at radius 3 is 2.62 bits per heavy atom. The Labute approximate surface area is 148 Å². The maximum absolute atomic E-state index is 12.0. The number of hydrogen-bond acceptors (Lipinski definition) is 3. The Kier molecular flexibility index (Phi) is 6.94. The van der Waals surface area contributed by atoms with Crippen LogP contribution in [-0.2, 0) is 4.79 Å². The van der Waals surface area contributed by atoms with Crippen LogP contribution in [0.15, 0.2) is 48.5 Å². The zero-order chi connectivity index (χ0) is 17.4. The van der Waals surface area contributed by atoms with Gasteiger partial charge in [-0.25, -0.2) is 0 Å². The van der Waals surface area contributed by atoms with Crippen LogP contribution >= 0.6 is 11.6 Å². The highest BCUT2D eigenvalue weighted by Crippen LogP contribution is 2.18. The van der Waals surface area contributed by atoms with Gasteiger partial charge < -0.3 is 15.4 Å². The van der Waals surface area contributed by atoms with Gasteiger partial charge >= 0.3 is 0 Å². The molecule has 5 heteroatoms. The lowest BCUT2D eigenvalue weighted by molar-refractivity contribution is -0.114. The summed E-state index contributed by atoms with van der Waals surface area (Å²) in [5, 5.41) is 6.52. The maximum Gasteiger partial charge on any atom is 0.243 e. The Morgan fingerprint density at radius 2 is 1.88 bits per heavy atom. The van der Waals surface area contributed by atoms with Crippen molar-refractivity contribution in [2.24, 2.45) is 5.92 Å². The molecular weight excluding hydrogens is 324 g/mol. The van der Waals surface area contributed by atoms with Crippen LogP contribution in [0.1, 0.15) is 20.3 Å². The number of rotatable bonds is 8. The molecule has 0 saturated carbocycles. The molecule has 0 atom stereocenters. The van der Waals surface area contributed by atoms with Crippen LogP contribution in [0.4, 0.5) is 11.4 Å². The molecule has 0 aromatic heterocycles. The van der Waals surface area contributed by atoms with Crippen LogP contribution in [0.3, 0.4) is 0 Å². The summed E-state index contributed by atoms with van der Waals surface area (Å²) in [6.07, 6.45) is 1.00. The Morgan fingerprint density at radius 1 is 1.12 bits per heavy atom. The van der Waals surface area contributed by atoms with Crippen LogP contribution in [0.25, 0.3) is 0 Å². The first-order chi connectivity index (χ1) is 11.5. The normalized spacial score (nSPS) is 10.5. The van der Waals surface area contributed by atoms with E-state index in [0.29, 0.717) is 17.5 Å². The highest BCUT2D eigenvalue weighted by molar-refractivity contribution is 6.30. The molecule has 2 aromatic rings. The quantitative estimate of drug-likeness (QED) is 0.720. The first kappa shape index (κ1) is 18.1. The van der Waals surface area contributed by atoms with E-state index in [9.17, 15) is 4.79 Å². The van der Waals surface area contributed by atoms with E-state index in [4.69, 9.17) is 16.3 Å². The van der Waals surface area contributed by atoms with Crippen molar-refractivity contribution in [2.75, 3.05) is 23.8 Å². The summed E-state index contributed by atoms with van der Waals surface area (Å²) in [4.78, 5) is 12.0. The number of amides is 1. The molecule has 2 aromatic carbocycles. The number of carbonyl (C=O) groups is 1. The maximum atomic E-state index is 12.0. The summed E-state index contributed by atoms with van der Waals surface area (Å²) in [6.45, 7) is 5.16. The van der Waals surface area contributed by atoms with Gasteiger partial charge in [-0.05, 0) is 42.7 Å². The molecule has 24 heavy (non-hydrogen) atoms. The summed E-state index contributed by atoms with van der Waals surface area (Å²) < 4.78 is 5.70. The molecule has 0 bridgehead atoms. The van der Waals surface area contributed by atoms with E-state index in [0.717, 1.165) is 23.5 Å². The molecular formula is C19H23ClN2O2. The van der Waals surface area contributed by atoms with Crippen LogP contribution < -0.4 is 15.4 Å². The molecule has 0 aliphatic carbocycles. The second-order valence-corrected chi connectivity index (χ2v) is 6.41. The minimum absolute atomic E-state index is 0.130. The van der Waals surface area contributed by atoms with E-state index >= 15 is 0 Å². The van der Waals surface area contributed by atoms with Crippen LogP contribution in [0, 0.1) is 5.92 Å². The zero-order valence-corrected chi connectivity index (χ0v) is 14.8. The van der Waals surface area contributed by atoms with Gasteiger partial charge in [0, 0.05) is 22.5 Å². The van der Waals surface area contributed by atoms with Crippen molar-refractivity contribution in [1.29, 1.82) is 0 Å². The minimum atomic E-state index is -0.130. The van der Waals surface area contributed by atoms with Gasteiger partial charge in [0.1, 0.15) is 5.75 Å². The average Bonchev–Trinajstić information content (AvgIpc) is 2.53. The first-order valence-electron chi connectivity index (χ1n) is 8.05. The van der Waals surface area contributed by atoms with Crippen LogP contribution in [0.5, 0.6) is 5.75 Å². The SMILES string of the molecule is CC(C)CCOc1cccc(NC(=O)CNc2cccc(Cl)c2)c1. The molecule has 0 spiro atoms. The summed E-state index contributed by atoms with van der Waals surface area (Å²) in [6, 6.07) is 14.7. The zero-order valence-electron chi connectivity index (χ0n) is 14.0. The lowest BCUT2D eigenvalue weighted by Crippen LogP contribution is -2.21. The molecule has 128 valence electrons. The van der Waals surface area contributed by atoms with Crippen molar-refractivity contribution < 1.29 is 9.53 Å². The van der Waals surface area contributed by atoms with Crippen molar-refractivity contribution >= 4 is 28.9 Å². The van der Waals surface area contributed by atoms with Gasteiger partial charge in [-0.2, -0.15) is 0 Å². The highest BCUT2D eigenvalue weighted by atomic mass is 35.5. The third-order valence-electron chi connectivity index (χ3n) is 3.36. The van der Waals surface area contributed by atoms with E-state index in [-0.39, 0.29) is 12.5 Å². The second-order valence-electron chi connectivity index (χ2n) is 5.97. The van der Waals surface area contributed by atoms with Crippen LogP contribution in [0.2, 0.25) is 5.02 Å². The molecule has 0 aliphatic rings. The van der Waals surface area contributed by atoms with Gasteiger partial charge in [0.25, 0.3) is 0 Å². The van der Waals surface area contributed by atoms with Gasteiger partial charge in [0.2, 0.25) is 5.91 Å². The van der Waals surface area contributed by atoms with Crippen molar-refractivity contribution in [3.63, 3.8) is 0 Å². The predicted octanol–water partition coefficient (Wildman–Crippen LogP) is 4.82. The molecule has 0 saturated heterocycles. The van der Waals surface area contributed by atoms with Gasteiger partial charge in [0.05, 0.1) is 13.2 Å². The summed E-state index contributed by atoms with van der Waals surface area (Å²) in [5.41, 5.74) is 1.53. The monoisotopic (exact) mass is 346 g/mol. The molecule has 4 nitrogen and oxygen atoms in total. The summed E-state index contributed by atoms with van der Waals surface area (Å²) in [7, 11) is 0. The smallest absolute Gasteiger partial charge is 0.243 e. The summed E-state index contributed by atoms with van der Waals surface area (Å²) in [5.74, 6) is 1.23. The fourth-order valence-electron chi connectivity index (χ4n) is 2.06. The largest absolute Gasteiger partial charge is 0.494 e. The fraction of sp³-hybridized carbons (Fsp3) is 0.316. The van der Waals surface area contributed by atoms with Crippen molar-refractivity contribution in [3.05, 3.63) is 53.6 Å². The van der Waals surface area contributed by atoms with E-state index in [1.807, 2.05) is 36.4 Å². The van der Waals surface area contributed by atoms with Crippen molar-refractivity contribution in [1.82, 2.24) is 0 Å². The fourth-order valence-corrected chi connectivity index (χ4v) is 2.25. The molecule has 1 amide bonds. The van der Waals surface area contributed by atoms with Crippen molar-refractivity contribution in [2.45, 2.75) is 20.3 Å². The summed E-state index contributed by atoms with van der Waals surface area (Å²) >= 11 is 5.91. The lowest BCUT2D eigenvalue weighted by atomic mass is 10.1. The lowest BCUT2D eigenvalue weighted by Gasteiger charge is -2.11. The number of hydrogen-bond donors (Lipinski definition) is 2. The number of anilines is 2. The number of benzene rings is 2. The third-order valence-corrected chi connectivity index (χ3v) is 3.59. The van der Waals surface area contributed by atoms with E-state index < -0.39 is 0 Å². The Balaban J connectivity index is 1.82. The average molecular weight is 347 g/mol. The first-order valence-corrected chi connectivity index (χ1v) is 8.43. The molecule has 0 unspecified atom stereocenters. The molecule has 0 fully saturated rings. The van der Waals surface area contributed by atoms with Gasteiger partial charge in [-0.1, -0.05) is 37.6 Å². The molecule has 0 heterocycles. The Hall–Kier alpha value is -2.20. The van der Waals surface area contributed by atoms with E-state index in [1.54, 1.807) is 12.1 Å². The van der Waals surface area contributed by atoms with Gasteiger partial charge in [-0.15, -0.1) is 0 Å². The van der Waals surface area contributed by atoms with Crippen molar-refractivity contribution in [3.8, 4) is 5.75 Å². The third kappa shape index (κ3) is 6.50. The van der Waals surface area contributed by atoms with Crippen LogP contribution in [-0.4, -0.2) is 19.1 Å². The Bertz CT molecular complexity index is 674. The molecule has 0 aliphatic heterocycles. The minimum Gasteiger partial charge on any atom is -0.494 e. The van der Waals surface area contributed by atoms with E-state index in [1.165, 1.54) is 0 Å².